The maximum Gasteiger partial charge on any atom is 0.305 e. The number of fused-ring (bicyclic) bond motifs is 1. The highest BCUT2D eigenvalue weighted by Gasteiger charge is 2.14. The van der Waals surface area contributed by atoms with E-state index in [9.17, 15) is 13.6 Å². The highest BCUT2D eigenvalue weighted by Crippen LogP contribution is 2.22. The van der Waals surface area contributed by atoms with Crippen molar-refractivity contribution in [2.75, 3.05) is 0 Å². The second kappa shape index (κ2) is 3.42. The molecule has 0 radical (unpaired) electrons. The number of rotatable bonds is 1. The van der Waals surface area contributed by atoms with E-state index in [1.807, 2.05) is 0 Å². The van der Waals surface area contributed by atoms with Gasteiger partial charge in [0.25, 0.3) is 0 Å². The van der Waals surface area contributed by atoms with Crippen LogP contribution in [0.2, 0.25) is 0 Å². The van der Waals surface area contributed by atoms with Gasteiger partial charge in [0.15, 0.2) is 0 Å². The molecule has 15 heavy (non-hydrogen) atoms. The van der Waals surface area contributed by atoms with Gasteiger partial charge in [0, 0.05) is 0 Å². The van der Waals surface area contributed by atoms with Crippen LogP contribution >= 0.6 is 11.3 Å². The van der Waals surface area contributed by atoms with E-state index >= 15 is 0 Å². The number of H-pyrrole nitrogens is 1. The quantitative estimate of drug-likeness (QED) is 0.509. The zero-order chi connectivity index (χ0) is 11.1. The van der Waals surface area contributed by atoms with E-state index in [1.54, 1.807) is 12.1 Å². The molecule has 0 fully saturated rings. The normalized spacial score (nSPS) is 15.1. The lowest BCUT2D eigenvalue weighted by atomic mass is 10.3. The average molecular weight is 245 g/mol. The maximum atomic E-state index is 11.5. The molecule has 2 rings (SSSR count). The number of aromatic nitrogens is 1. The zero-order valence-electron chi connectivity index (χ0n) is 7.34. The van der Waals surface area contributed by atoms with E-state index in [0.717, 1.165) is 11.3 Å². The van der Waals surface area contributed by atoms with E-state index < -0.39 is 10.0 Å². The van der Waals surface area contributed by atoms with Crippen LogP contribution in [0, 0.1) is 0 Å². The summed E-state index contributed by atoms with van der Waals surface area (Å²) >= 11 is 0.963. The molecule has 0 amide bonds. The molecule has 1 unspecified atom stereocenters. The van der Waals surface area contributed by atoms with Gasteiger partial charge >= 0.3 is 4.87 Å². The lowest BCUT2D eigenvalue weighted by Crippen LogP contribution is -2.03. The average Bonchev–Trinajstić information content (AvgIpc) is 2.57. The first-order valence-electron chi connectivity index (χ1n) is 3.85. The number of benzene rings is 1. The third-order valence-corrected chi connectivity index (χ3v) is 3.89. The predicted octanol–water partition coefficient (Wildman–Crippen LogP) is 0.763. The van der Waals surface area contributed by atoms with Crippen LogP contribution in [0.4, 0.5) is 0 Å². The Hall–Kier alpha value is -1.22. The van der Waals surface area contributed by atoms with Crippen LogP contribution in [-0.4, -0.2) is 13.7 Å². The second-order valence-corrected chi connectivity index (χ2v) is 5.40. The molecule has 0 bridgehead atoms. The van der Waals surface area contributed by atoms with Gasteiger partial charge in [-0.1, -0.05) is 17.4 Å². The molecule has 8 heteroatoms. The first-order chi connectivity index (χ1) is 7.04. The molecular weight excluding hydrogens is 238 g/mol. The summed E-state index contributed by atoms with van der Waals surface area (Å²) in [5, 5.41) is 0. The van der Waals surface area contributed by atoms with Gasteiger partial charge in [-0.3, -0.25) is 9.35 Å². The van der Waals surface area contributed by atoms with Crippen LogP contribution in [0.1, 0.15) is 0 Å². The summed E-state index contributed by atoms with van der Waals surface area (Å²) in [4.78, 5) is 13.3. The zero-order valence-corrected chi connectivity index (χ0v) is 8.97. The largest absolute Gasteiger partial charge is 0.311 e. The highest BCUT2D eigenvalue weighted by molar-refractivity contribution is 7.88. The van der Waals surface area contributed by atoms with E-state index in [2.05, 4.69) is 9.46 Å². The third-order valence-electron chi connectivity index (χ3n) is 1.85. The molecule has 2 aromatic rings. The molecule has 0 aliphatic rings. The van der Waals surface area contributed by atoms with Gasteiger partial charge in [-0.25, -0.2) is 10.1 Å². The fourth-order valence-corrected chi connectivity index (χ4v) is 2.85. The molecule has 1 heterocycles. The number of hydrogen-bond donors (Lipinski definition) is 3. The number of nitrogens with one attached hydrogen (secondary N) is 1. The van der Waals surface area contributed by atoms with E-state index in [-0.39, 0.29) is 9.77 Å². The third kappa shape index (κ3) is 1.67. The summed E-state index contributed by atoms with van der Waals surface area (Å²) in [6.07, 6.45) is 0. The van der Waals surface area contributed by atoms with Gasteiger partial charge in [-0.2, -0.15) is 0 Å². The van der Waals surface area contributed by atoms with Crippen LogP contribution < -0.4 is 10.7 Å². The Morgan fingerprint density at radius 3 is 2.93 bits per heavy atom. The standard InChI is InChI=1S/C7H7N3O3S2/c8-10-15(12,13)5-3-1-2-4-6(5)9-7(11)14-4/h1-3H,8H2,(H,9,11)(H,10,12,13). The van der Waals surface area contributed by atoms with Gasteiger partial charge in [0.05, 0.1) is 10.2 Å². The van der Waals surface area contributed by atoms with E-state index in [0.29, 0.717) is 10.2 Å². The number of para-hydroxylation sites is 1. The van der Waals surface area contributed by atoms with Crippen molar-refractivity contribution in [3.63, 3.8) is 0 Å². The number of thiazole rings is 1. The molecule has 4 N–H and O–H groups in total. The van der Waals surface area contributed by atoms with Crippen LogP contribution in [0.5, 0.6) is 0 Å². The van der Waals surface area contributed by atoms with Crippen molar-refractivity contribution in [3.8, 4) is 0 Å². The van der Waals surface area contributed by atoms with Crippen molar-refractivity contribution in [1.29, 1.82) is 0 Å². The molecule has 1 aromatic carbocycles. The fraction of sp³-hybridized carbons (Fsp3) is 0. The molecule has 80 valence electrons. The fourth-order valence-electron chi connectivity index (χ4n) is 1.23. The summed E-state index contributed by atoms with van der Waals surface area (Å²) in [5.74, 6) is 4.85. The minimum atomic E-state index is -3.62. The summed E-state index contributed by atoms with van der Waals surface area (Å²) in [6.45, 7) is 0. The van der Waals surface area contributed by atoms with Crippen LogP contribution in [-0.2, 0) is 10.0 Å². The van der Waals surface area contributed by atoms with Crippen molar-refractivity contribution in [2.45, 2.75) is 4.90 Å². The molecule has 0 saturated heterocycles. The minimum absolute atomic E-state index is 0.0286. The smallest absolute Gasteiger partial charge is 0.305 e. The molecule has 1 atom stereocenters. The summed E-state index contributed by atoms with van der Waals surface area (Å²) in [7, 11) is -3.62. The highest BCUT2D eigenvalue weighted by atomic mass is 32.2. The van der Waals surface area contributed by atoms with E-state index in [4.69, 9.17) is 5.84 Å². The lowest BCUT2D eigenvalue weighted by Gasteiger charge is -2.01. The Kier molecular flexibility index (Phi) is 2.35. The van der Waals surface area contributed by atoms with Gasteiger partial charge in [-0.05, 0) is 12.1 Å². The second-order valence-electron chi connectivity index (χ2n) is 2.75. The SMILES string of the molecule is NN=S(=O)(O)c1cccc2sc(=O)[nH]c12. The number of nitrogens with zero attached hydrogens (tertiary/aromatic N) is 1. The van der Waals surface area contributed by atoms with Crippen LogP contribution in [0.3, 0.4) is 0 Å². The van der Waals surface area contributed by atoms with Crippen molar-refractivity contribution >= 4 is 31.6 Å². The van der Waals surface area contributed by atoms with Gasteiger partial charge in [0.2, 0.25) is 10.0 Å². The van der Waals surface area contributed by atoms with Crippen LogP contribution in [0.15, 0.2) is 32.4 Å². The first kappa shape index (κ1) is 10.3. The maximum absolute atomic E-state index is 11.5. The van der Waals surface area contributed by atoms with Crippen molar-refractivity contribution < 1.29 is 8.76 Å². The number of hydrogen-bond acceptors (Lipinski definition) is 4. The number of aromatic amines is 1. The van der Waals surface area contributed by atoms with Crippen molar-refractivity contribution in [2.24, 2.45) is 10.3 Å². The first-order valence-corrected chi connectivity index (χ1v) is 6.14. The molecule has 6 nitrogen and oxygen atoms in total. The molecular formula is C7H7N3O3S2. The topological polar surface area (TPSA) is 109 Å². The van der Waals surface area contributed by atoms with Gasteiger partial charge in [-0.15, -0.1) is 4.47 Å². The van der Waals surface area contributed by atoms with Crippen LogP contribution in [0.25, 0.3) is 10.2 Å². The molecule has 0 spiro atoms. The minimum Gasteiger partial charge on any atom is -0.311 e. The molecule has 0 aliphatic heterocycles. The Morgan fingerprint density at radius 1 is 1.53 bits per heavy atom. The van der Waals surface area contributed by atoms with E-state index in [1.165, 1.54) is 6.07 Å². The van der Waals surface area contributed by atoms with Crippen molar-refractivity contribution in [1.82, 2.24) is 4.98 Å². The van der Waals surface area contributed by atoms with Gasteiger partial charge in [0.1, 0.15) is 4.90 Å². The van der Waals surface area contributed by atoms with Crippen molar-refractivity contribution in [3.05, 3.63) is 27.9 Å². The molecule has 0 aliphatic carbocycles. The lowest BCUT2D eigenvalue weighted by molar-refractivity contribution is 0.550. The molecule has 1 aromatic heterocycles. The van der Waals surface area contributed by atoms with Gasteiger partial charge < -0.3 is 4.98 Å². The summed E-state index contributed by atoms with van der Waals surface area (Å²) in [6, 6.07) is 4.65. The predicted molar refractivity (Wildman–Crippen MR) is 58.1 cm³/mol. The summed E-state index contributed by atoms with van der Waals surface area (Å²) < 4.78 is 24.5. The Morgan fingerprint density at radius 2 is 2.27 bits per heavy atom. The Balaban J connectivity index is 2.95. The summed E-state index contributed by atoms with van der Waals surface area (Å²) in [5.41, 5.74) is 0.314. The number of nitrogens with two attached hydrogens (primary N) is 1. The monoisotopic (exact) mass is 245 g/mol. The Labute approximate surface area is 88.7 Å². The molecule has 0 saturated carbocycles. The Bertz CT molecular complexity index is 678.